The van der Waals surface area contributed by atoms with Crippen LogP contribution in [0.25, 0.3) is 0 Å². The second-order valence-corrected chi connectivity index (χ2v) is 6.43. The molecule has 0 aromatic carbocycles. The lowest BCUT2D eigenvalue weighted by Crippen LogP contribution is -2.22. The summed E-state index contributed by atoms with van der Waals surface area (Å²) in [6.45, 7) is 2.02. The van der Waals surface area contributed by atoms with Crippen molar-refractivity contribution in [1.82, 2.24) is 0 Å². The number of ether oxygens (including phenoxy) is 2. The average molecular weight is 325 g/mol. The van der Waals surface area contributed by atoms with Crippen LogP contribution in [-0.2, 0) is 9.47 Å². The van der Waals surface area contributed by atoms with Gasteiger partial charge in [0.25, 0.3) is 0 Å². The van der Waals surface area contributed by atoms with Crippen LogP contribution in [-0.4, -0.2) is 31.2 Å². The topological polar surface area (TPSA) is 38.7 Å². The standard InChI is InChI=1S/C20H36O3/c21-17-13-10-8-6-4-2-1-3-5-7-9-11-14-18-22-20-16-12-15-19-23-20/h20-21H,1-3,5,7-19H2. The molecular formula is C20H36O3. The lowest BCUT2D eigenvalue weighted by atomic mass is 10.1. The molecule has 1 rings (SSSR count). The molecule has 0 aromatic rings. The molecule has 0 radical (unpaired) electrons. The van der Waals surface area contributed by atoms with Gasteiger partial charge in [0.15, 0.2) is 6.29 Å². The van der Waals surface area contributed by atoms with E-state index < -0.39 is 0 Å². The summed E-state index contributed by atoms with van der Waals surface area (Å²) in [5.41, 5.74) is 0. The molecule has 134 valence electrons. The van der Waals surface area contributed by atoms with E-state index in [1.54, 1.807) is 0 Å². The third kappa shape index (κ3) is 13.6. The van der Waals surface area contributed by atoms with Gasteiger partial charge in [0.2, 0.25) is 0 Å². The van der Waals surface area contributed by atoms with Gasteiger partial charge in [0.1, 0.15) is 0 Å². The number of hydrogen-bond donors (Lipinski definition) is 1. The summed E-state index contributed by atoms with van der Waals surface area (Å²) in [7, 11) is 0. The summed E-state index contributed by atoms with van der Waals surface area (Å²) in [4.78, 5) is 0. The van der Waals surface area contributed by atoms with Crippen molar-refractivity contribution in [2.75, 3.05) is 19.8 Å². The average Bonchev–Trinajstić information content (AvgIpc) is 2.59. The summed E-state index contributed by atoms with van der Waals surface area (Å²) in [6.07, 6.45) is 16.4. The maximum Gasteiger partial charge on any atom is 0.157 e. The van der Waals surface area contributed by atoms with E-state index in [4.69, 9.17) is 14.6 Å². The van der Waals surface area contributed by atoms with Crippen molar-refractivity contribution in [1.29, 1.82) is 0 Å². The molecule has 1 N–H and O–H groups in total. The van der Waals surface area contributed by atoms with Crippen LogP contribution < -0.4 is 0 Å². The summed E-state index contributed by atoms with van der Waals surface area (Å²) in [5.74, 6) is 6.42. The molecule has 0 bridgehead atoms. The van der Waals surface area contributed by atoms with Gasteiger partial charge in [-0.3, -0.25) is 0 Å². The Labute approximate surface area is 143 Å². The van der Waals surface area contributed by atoms with Crippen molar-refractivity contribution >= 4 is 0 Å². The third-order valence-corrected chi connectivity index (χ3v) is 4.22. The third-order valence-electron chi connectivity index (χ3n) is 4.22. The van der Waals surface area contributed by atoms with Crippen molar-refractivity contribution < 1.29 is 14.6 Å². The van der Waals surface area contributed by atoms with Gasteiger partial charge in [0.05, 0.1) is 0 Å². The highest BCUT2D eigenvalue weighted by Gasteiger charge is 2.13. The Kier molecular flexibility index (Phi) is 14.5. The second kappa shape index (κ2) is 16.3. The summed E-state index contributed by atoms with van der Waals surface area (Å²) < 4.78 is 11.3. The fourth-order valence-corrected chi connectivity index (χ4v) is 2.76. The first kappa shape index (κ1) is 20.5. The summed E-state index contributed by atoms with van der Waals surface area (Å²) >= 11 is 0. The van der Waals surface area contributed by atoms with Crippen molar-refractivity contribution in [2.45, 2.75) is 96.2 Å². The van der Waals surface area contributed by atoms with Gasteiger partial charge in [-0.25, -0.2) is 0 Å². The zero-order valence-electron chi connectivity index (χ0n) is 14.9. The fourth-order valence-electron chi connectivity index (χ4n) is 2.76. The number of hydrogen-bond acceptors (Lipinski definition) is 3. The van der Waals surface area contributed by atoms with Crippen LogP contribution in [0.1, 0.15) is 89.9 Å². The van der Waals surface area contributed by atoms with Crippen molar-refractivity contribution in [3.05, 3.63) is 0 Å². The minimum Gasteiger partial charge on any atom is -0.396 e. The molecule has 1 fully saturated rings. The predicted octanol–water partition coefficient (Wildman–Crippen LogP) is 4.82. The van der Waals surface area contributed by atoms with Crippen LogP contribution in [0.15, 0.2) is 0 Å². The predicted molar refractivity (Wildman–Crippen MR) is 95.2 cm³/mol. The Balaban J connectivity index is 1.72. The molecule has 0 aliphatic carbocycles. The molecule has 23 heavy (non-hydrogen) atoms. The Morgan fingerprint density at radius 1 is 0.826 bits per heavy atom. The highest BCUT2D eigenvalue weighted by molar-refractivity contribution is 4.98. The van der Waals surface area contributed by atoms with E-state index in [1.165, 1.54) is 57.8 Å². The van der Waals surface area contributed by atoms with Gasteiger partial charge >= 0.3 is 0 Å². The van der Waals surface area contributed by atoms with Crippen LogP contribution in [0.4, 0.5) is 0 Å². The van der Waals surface area contributed by atoms with Crippen LogP contribution in [0.5, 0.6) is 0 Å². The lowest BCUT2D eigenvalue weighted by molar-refractivity contribution is -0.162. The van der Waals surface area contributed by atoms with Crippen LogP contribution in [0.3, 0.4) is 0 Å². The molecule has 1 aliphatic rings. The molecule has 1 aliphatic heterocycles. The van der Waals surface area contributed by atoms with E-state index >= 15 is 0 Å². The second-order valence-electron chi connectivity index (χ2n) is 6.43. The number of rotatable bonds is 13. The summed E-state index contributed by atoms with van der Waals surface area (Å²) in [5, 5.41) is 8.66. The molecule has 0 spiro atoms. The smallest absolute Gasteiger partial charge is 0.157 e. The van der Waals surface area contributed by atoms with Crippen molar-refractivity contribution in [2.24, 2.45) is 0 Å². The maximum atomic E-state index is 8.66. The number of aliphatic hydroxyl groups is 1. The monoisotopic (exact) mass is 324 g/mol. The molecular weight excluding hydrogens is 288 g/mol. The van der Waals surface area contributed by atoms with E-state index in [0.717, 1.165) is 45.3 Å². The quantitative estimate of drug-likeness (QED) is 0.390. The van der Waals surface area contributed by atoms with E-state index in [0.29, 0.717) is 6.61 Å². The highest BCUT2D eigenvalue weighted by Crippen LogP contribution is 2.14. The van der Waals surface area contributed by atoms with Gasteiger partial charge in [-0.15, -0.1) is 11.8 Å². The molecule has 3 nitrogen and oxygen atoms in total. The summed E-state index contributed by atoms with van der Waals surface area (Å²) in [6, 6.07) is 0. The van der Waals surface area contributed by atoms with Gasteiger partial charge in [-0.05, 0) is 44.9 Å². The zero-order chi connectivity index (χ0) is 16.4. The van der Waals surface area contributed by atoms with E-state index in [-0.39, 0.29) is 6.29 Å². The SMILES string of the molecule is OCCCCC#CCCCCCCCCCOC1CCCCO1. The minimum absolute atomic E-state index is 0.0773. The Bertz CT molecular complexity index is 300. The van der Waals surface area contributed by atoms with Crippen LogP contribution in [0.2, 0.25) is 0 Å². The molecule has 1 atom stereocenters. The maximum absolute atomic E-state index is 8.66. The first-order chi connectivity index (χ1) is 11.4. The number of unbranched alkanes of at least 4 members (excludes halogenated alkanes) is 9. The molecule has 3 heteroatoms. The van der Waals surface area contributed by atoms with Gasteiger partial charge in [0, 0.05) is 32.7 Å². The van der Waals surface area contributed by atoms with Crippen molar-refractivity contribution in [3.8, 4) is 11.8 Å². The minimum atomic E-state index is 0.0773. The Hall–Kier alpha value is -0.560. The van der Waals surface area contributed by atoms with Gasteiger partial charge in [-0.2, -0.15) is 0 Å². The molecule has 1 heterocycles. The number of aliphatic hydroxyl groups excluding tert-OH is 1. The Morgan fingerprint density at radius 2 is 1.48 bits per heavy atom. The first-order valence-corrected chi connectivity index (χ1v) is 9.73. The van der Waals surface area contributed by atoms with Gasteiger partial charge < -0.3 is 14.6 Å². The molecule has 1 saturated heterocycles. The lowest BCUT2D eigenvalue weighted by Gasteiger charge is -2.22. The van der Waals surface area contributed by atoms with Crippen LogP contribution in [0, 0.1) is 11.8 Å². The zero-order valence-corrected chi connectivity index (χ0v) is 14.9. The van der Waals surface area contributed by atoms with E-state index in [2.05, 4.69) is 11.8 Å². The normalized spacial score (nSPS) is 17.7. The van der Waals surface area contributed by atoms with Gasteiger partial charge in [-0.1, -0.05) is 32.1 Å². The fraction of sp³-hybridized carbons (Fsp3) is 0.900. The molecule has 1 unspecified atom stereocenters. The first-order valence-electron chi connectivity index (χ1n) is 9.73. The molecule has 0 saturated carbocycles. The molecule has 0 aromatic heterocycles. The van der Waals surface area contributed by atoms with Crippen molar-refractivity contribution in [3.63, 3.8) is 0 Å². The highest BCUT2D eigenvalue weighted by atomic mass is 16.7. The largest absolute Gasteiger partial charge is 0.396 e. The van der Waals surface area contributed by atoms with E-state index in [1.807, 2.05) is 0 Å². The van der Waals surface area contributed by atoms with Crippen LogP contribution >= 0.6 is 0 Å². The van der Waals surface area contributed by atoms with E-state index in [9.17, 15) is 0 Å². The Morgan fingerprint density at radius 3 is 2.13 bits per heavy atom. The molecule has 0 amide bonds.